The summed E-state index contributed by atoms with van der Waals surface area (Å²) in [5.74, 6) is 1.75. The van der Waals surface area contributed by atoms with Crippen LogP contribution in [0.2, 0.25) is 0 Å². The minimum absolute atomic E-state index is 0.167. The molecule has 0 unspecified atom stereocenters. The van der Waals surface area contributed by atoms with Crippen molar-refractivity contribution in [2.45, 2.75) is 39.2 Å². The number of nitrogens with zero attached hydrogens (tertiary/aromatic N) is 4. The summed E-state index contributed by atoms with van der Waals surface area (Å²) in [4.78, 5) is 17.5. The van der Waals surface area contributed by atoms with Gasteiger partial charge in [0, 0.05) is 35.8 Å². The molecule has 6 heteroatoms. The number of para-hydroxylation sites is 1. The number of nitrogens with one attached hydrogen (secondary N) is 1. The summed E-state index contributed by atoms with van der Waals surface area (Å²) in [7, 11) is 0. The number of carbonyl (C=O) groups excluding carboxylic acids is 1. The molecule has 0 saturated heterocycles. The van der Waals surface area contributed by atoms with Crippen molar-refractivity contribution < 1.29 is 4.79 Å². The Hall–Kier alpha value is -3.54. The minimum Gasteiger partial charge on any atom is -0.322 e. The molecule has 150 valence electrons. The lowest BCUT2D eigenvalue weighted by Crippen LogP contribution is -2.14. The van der Waals surface area contributed by atoms with Crippen LogP contribution in [-0.2, 0) is 13.0 Å². The Labute approximate surface area is 175 Å². The zero-order chi connectivity index (χ0) is 20.5. The molecule has 1 N–H and O–H groups in total. The molecular weight excluding hydrogens is 374 g/mol. The quantitative estimate of drug-likeness (QED) is 0.540. The molecule has 3 heterocycles. The van der Waals surface area contributed by atoms with E-state index in [1.165, 1.54) is 6.42 Å². The van der Waals surface area contributed by atoms with Gasteiger partial charge in [-0.1, -0.05) is 36.8 Å². The Morgan fingerprint density at radius 1 is 1.03 bits per heavy atom. The van der Waals surface area contributed by atoms with Gasteiger partial charge in [-0.3, -0.25) is 9.78 Å². The molecule has 2 aromatic heterocycles. The van der Waals surface area contributed by atoms with Gasteiger partial charge < -0.3 is 9.88 Å². The van der Waals surface area contributed by atoms with Crippen molar-refractivity contribution in [1.29, 1.82) is 0 Å². The second-order valence-electron chi connectivity index (χ2n) is 7.77. The second kappa shape index (κ2) is 7.71. The molecule has 4 aromatic rings. The Kier molecular flexibility index (Phi) is 4.75. The Balaban J connectivity index is 1.49. The second-order valence-corrected chi connectivity index (χ2v) is 7.77. The number of aryl methyl sites for hydroxylation is 2. The van der Waals surface area contributed by atoms with Crippen LogP contribution in [0, 0.1) is 6.92 Å². The monoisotopic (exact) mass is 397 g/mol. The zero-order valence-corrected chi connectivity index (χ0v) is 16.9. The molecule has 6 nitrogen and oxygen atoms in total. The molecule has 2 aromatic carbocycles. The molecule has 0 aliphatic carbocycles. The Morgan fingerprint density at radius 2 is 1.93 bits per heavy atom. The van der Waals surface area contributed by atoms with Gasteiger partial charge in [-0.15, -0.1) is 10.2 Å². The van der Waals surface area contributed by atoms with Gasteiger partial charge >= 0.3 is 0 Å². The van der Waals surface area contributed by atoms with E-state index in [0.717, 1.165) is 59.7 Å². The number of hydrogen-bond acceptors (Lipinski definition) is 4. The summed E-state index contributed by atoms with van der Waals surface area (Å²) in [6, 6.07) is 15.5. The van der Waals surface area contributed by atoms with Crippen molar-refractivity contribution in [3.63, 3.8) is 0 Å². The first kappa shape index (κ1) is 18.5. The van der Waals surface area contributed by atoms with E-state index >= 15 is 0 Å². The molecule has 1 aliphatic rings. The van der Waals surface area contributed by atoms with E-state index in [2.05, 4.69) is 25.1 Å². The van der Waals surface area contributed by atoms with Gasteiger partial charge in [0.2, 0.25) is 0 Å². The van der Waals surface area contributed by atoms with E-state index < -0.39 is 0 Å². The van der Waals surface area contributed by atoms with Crippen molar-refractivity contribution >= 4 is 22.5 Å². The van der Waals surface area contributed by atoms with Gasteiger partial charge in [0.25, 0.3) is 5.91 Å². The number of anilines is 1. The third-order valence-electron chi connectivity index (χ3n) is 5.73. The van der Waals surface area contributed by atoms with Crippen LogP contribution in [0.3, 0.4) is 0 Å². The van der Waals surface area contributed by atoms with Crippen LogP contribution < -0.4 is 5.32 Å². The predicted octanol–water partition coefficient (Wildman–Crippen LogP) is 4.78. The Morgan fingerprint density at radius 3 is 2.87 bits per heavy atom. The van der Waals surface area contributed by atoms with Crippen LogP contribution in [0.15, 0.2) is 54.7 Å². The highest BCUT2D eigenvalue weighted by molar-refractivity contribution is 6.12. The fraction of sp³-hybridized carbons (Fsp3) is 0.250. The summed E-state index contributed by atoms with van der Waals surface area (Å²) in [6.45, 7) is 2.93. The van der Waals surface area contributed by atoms with E-state index in [1.807, 2.05) is 55.5 Å². The highest BCUT2D eigenvalue weighted by atomic mass is 16.1. The fourth-order valence-electron chi connectivity index (χ4n) is 4.07. The van der Waals surface area contributed by atoms with Crippen molar-refractivity contribution in [1.82, 2.24) is 19.7 Å². The number of hydrogen-bond donors (Lipinski definition) is 1. The van der Waals surface area contributed by atoms with Gasteiger partial charge in [0.1, 0.15) is 5.82 Å². The average Bonchev–Trinajstić information content (AvgIpc) is 3.02. The van der Waals surface area contributed by atoms with Crippen molar-refractivity contribution in [3.8, 4) is 11.4 Å². The lowest BCUT2D eigenvalue weighted by molar-refractivity contribution is 0.102. The molecule has 0 atom stereocenters. The van der Waals surface area contributed by atoms with Gasteiger partial charge in [-0.05, 0) is 43.5 Å². The maximum atomic E-state index is 13.1. The first-order valence-corrected chi connectivity index (χ1v) is 10.4. The minimum atomic E-state index is -0.167. The molecule has 30 heavy (non-hydrogen) atoms. The van der Waals surface area contributed by atoms with Crippen LogP contribution in [0.5, 0.6) is 0 Å². The zero-order valence-electron chi connectivity index (χ0n) is 16.9. The van der Waals surface area contributed by atoms with Gasteiger partial charge in [0.05, 0.1) is 11.1 Å². The maximum Gasteiger partial charge on any atom is 0.257 e. The summed E-state index contributed by atoms with van der Waals surface area (Å²) in [5, 5.41) is 12.9. The van der Waals surface area contributed by atoms with Crippen LogP contribution >= 0.6 is 0 Å². The molecule has 5 rings (SSSR count). The first-order chi connectivity index (χ1) is 14.7. The van der Waals surface area contributed by atoms with Crippen molar-refractivity contribution in [2.75, 3.05) is 5.32 Å². The van der Waals surface area contributed by atoms with E-state index in [9.17, 15) is 4.79 Å². The molecule has 1 amide bonds. The summed E-state index contributed by atoms with van der Waals surface area (Å²) >= 11 is 0. The third-order valence-corrected chi connectivity index (χ3v) is 5.73. The normalized spacial score (nSPS) is 13.6. The average molecular weight is 397 g/mol. The Bertz CT molecular complexity index is 1240. The largest absolute Gasteiger partial charge is 0.322 e. The van der Waals surface area contributed by atoms with Crippen LogP contribution in [0.25, 0.3) is 22.3 Å². The first-order valence-electron chi connectivity index (χ1n) is 10.4. The van der Waals surface area contributed by atoms with Crippen LogP contribution in [-0.4, -0.2) is 25.7 Å². The maximum absolute atomic E-state index is 13.1. The standard InChI is InChI=1S/C24H23N5O/c1-16-11-12-18(23-28-27-21-10-3-2-4-14-29(21)23)15-20(16)26-24(30)19-9-5-7-17-8-6-13-25-22(17)19/h5-9,11-13,15H,2-4,10,14H2,1H3,(H,26,30). The number of fused-ring (bicyclic) bond motifs is 2. The van der Waals surface area contributed by atoms with Crippen LogP contribution in [0.4, 0.5) is 5.69 Å². The van der Waals surface area contributed by atoms with Gasteiger partial charge in [-0.25, -0.2) is 0 Å². The molecule has 0 fully saturated rings. The lowest BCUT2D eigenvalue weighted by Gasteiger charge is -2.12. The number of carbonyl (C=O) groups is 1. The van der Waals surface area contributed by atoms with E-state index in [1.54, 1.807) is 6.20 Å². The van der Waals surface area contributed by atoms with E-state index in [0.29, 0.717) is 11.1 Å². The number of aromatic nitrogens is 4. The molecule has 0 bridgehead atoms. The summed E-state index contributed by atoms with van der Waals surface area (Å²) < 4.78 is 2.22. The smallest absolute Gasteiger partial charge is 0.257 e. The van der Waals surface area contributed by atoms with E-state index in [-0.39, 0.29) is 5.91 Å². The predicted molar refractivity (Wildman–Crippen MR) is 117 cm³/mol. The summed E-state index contributed by atoms with van der Waals surface area (Å²) in [6.07, 6.45) is 6.20. The third kappa shape index (κ3) is 3.34. The highest BCUT2D eigenvalue weighted by Gasteiger charge is 2.18. The van der Waals surface area contributed by atoms with Crippen molar-refractivity contribution in [3.05, 3.63) is 71.7 Å². The van der Waals surface area contributed by atoms with Crippen molar-refractivity contribution in [2.24, 2.45) is 0 Å². The molecule has 1 aliphatic heterocycles. The van der Waals surface area contributed by atoms with Crippen LogP contribution in [0.1, 0.15) is 41.0 Å². The topological polar surface area (TPSA) is 72.7 Å². The van der Waals surface area contributed by atoms with E-state index in [4.69, 9.17) is 0 Å². The van der Waals surface area contributed by atoms with Gasteiger partial charge in [0.15, 0.2) is 5.82 Å². The SMILES string of the molecule is Cc1ccc(-c2nnc3n2CCCCC3)cc1NC(=O)c1cccc2cccnc12. The molecular formula is C24H23N5O. The van der Waals surface area contributed by atoms with Gasteiger partial charge in [-0.2, -0.15) is 0 Å². The number of amides is 1. The lowest BCUT2D eigenvalue weighted by atomic mass is 10.1. The molecule has 0 spiro atoms. The fourth-order valence-corrected chi connectivity index (χ4v) is 4.07. The number of rotatable bonds is 3. The molecule has 0 radical (unpaired) electrons. The highest BCUT2D eigenvalue weighted by Crippen LogP contribution is 2.27. The molecule has 0 saturated carbocycles. The summed E-state index contributed by atoms with van der Waals surface area (Å²) in [5.41, 5.74) is 4.00. The number of pyridine rings is 1. The number of benzene rings is 2.